The van der Waals surface area contributed by atoms with Gasteiger partial charge in [-0.25, -0.2) is 9.79 Å². The molecule has 1 fully saturated rings. The minimum atomic E-state index is -0.519. The fraction of sp³-hybridized carbons (Fsp3) is 0.824. The number of aliphatic imine (C=N–C) groups is 1. The summed E-state index contributed by atoms with van der Waals surface area (Å²) in [5.41, 5.74) is -0.519. The number of ether oxygens (including phenoxy) is 1. The van der Waals surface area contributed by atoms with Crippen molar-refractivity contribution in [2.45, 2.75) is 52.2 Å². The Morgan fingerprint density at radius 1 is 1.24 bits per heavy atom. The summed E-state index contributed by atoms with van der Waals surface area (Å²) in [7, 11) is 3.40. The lowest BCUT2D eigenvalue weighted by atomic mass is 10.2. The van der Waals surface area contributed by atoms with Gasteiger partial charge in [-0.2, -0.15) is 0 Å². The van der Waals surface area contributed by atoms with Crippen LogP contribution in [0.5, 0.6) is 0 Å². The number of likely N-dealkylation sites (N-methyl/N-ethyl adjacent to an activating group) is 1. The van der Waals surface area contributed by atoms with Crippen LogP contribution in [0.15, 0.2) is 4.99 Å². The van der Waals surface area contributed by atoms with Crippen molar-refractivity contribution in [3.8, 4) is 0 Å². The van der Waals surface area contributed by atoms with Crippen molar-refractivity contribution in [1.82, 2.24) is 20.9 Å². The van der Waals surface area contributed by atoms with E-state index < -0.39 is 11.7 Å². The second-order valence-electron chi connectivity index (χ2n) is 7.45. The van der Waals surface area contributed by atoms with Gasteiger partial charge in [-0.15, -0.1) is 0 Å². The number of hydrogen-bond donors (Lipinski definition) is 3. The summed E-state index contributed by atoms with van der Waals surface area (Å²) in [6.45, 7) is 8.79. The molecule has 144 valence electrons. The molecule has 0 bridgehead atoms. The molecule has 0 radical (unpaired) electrons. The van der Waals surface area contributed by atoms with Crippen LogP contribution < -0.4 is 16.0 Å². The summed E-state index contributed by atoms with van der Waals surface area (Å²) >= 11 is 0. The standard InChI is InChI=1S/C17H33N5O3/c1-7-18-15(20-11-14(23)22(5)6)19-10-13(12-8-9-12)21-16(24)25-17(2,3)4/h12-13H,7-11H2,1-6H3,(H,21,24)(H2,18,19,20). The van der Waals surface area contributed by atoms with Crippen LogP contribution in [-0.4, -0.2) is 68.2 Å². The van der Waals surface area contributed by atoms with E-state index in [0.717, 1.165) is 12.8 Å². The molecule has 0 aromatic heterocycles. The molecule has 1 aliphatic carbocycles. The Balaban J connectivity index is 2.56. The van der Waals surface area contributed by atoms with Crippen LogP contribution >= 0.6 is 0 Å². The third-order valence-corrected chi connectivity index (χ3v) is 3.60. The summed E-state index contributed by atoms with van der Waals surface area (Å²) < 4.78 is 5.33. The van der Waals surface area contributed by atoms with E-state index in [1.165, 1.54) is 4.90 Å². The first-order valence-corrected chi connectivity index (χ1v) is 8.84. The van der Waals surface area contributed by atoms with Gasteiger partial charge >= 0.3 is 6.09 Å². The van der Waals surface area contributed by atoms with Gasteiger partial charge in [0.1, 0.15) is 12.1 Å². The van der Waals surface area contributed by atoms with E-state index in [0.29, 0.717) is 25.0 Å². The molecule has 0 heterocycles. The molecule has 1 rings (SSSR count). The van der Waals surface area contributed by atoms with Gasteiger partial charge in [-0.3, -0.25) is 4.79 Å². The van der Waals surface area contributed by atoms with Crippen molar-refractivity contribution in [3.05, 3.63) is 0 Å². The van der Waals surface area contributed by atoms with Gasteiger partial charge in [-0.05, 0) is 46.5 Å². The van der Waals surface area contributed by atoms with Crippen molar-refractivity contribution < 1.29 is 14.3 Å². The lowest BCUT2D eigenvalue weighted by Gasteiger charge is -2.24. The Morgan fingerprint density at radius 2 is 1.88 bits per heavy atom. The van der Waals surface area contributed by atoms with Gasteiger partial charge in [0.2, 0.25) is 5.91 Å². The molecule has 0 saturated heterocycles. The first kappa shape index (κ1) is 21.1. The summed E-state index contributed by atoms with van der Waals surface area (Å²) in [5.74, 6) is 0.948. The average molecular weight is 355 g/mol. The molecule has 1 atom stereocenters. The lowest BCUT2D eigenvalue weighted by molar-refractivity contribution is -0.127. The Labute approximate surface area is 150 Å². The van der Waals surface area contributed by atoms with E-state index >= 15 is 0 Å². The zero-order valence-corrected chi connectivity index (χ0v) is 16.3. The molecule has 8 heteroatoms. The summed E-state index contributed by atoms with van der Waals surface area (Å²) in [5, 5.41) is 9.24. The first-order chi connectivity index (χ1) is 11.6. The van der Waals surface area contributed by atoms with Crippen LogP contribution in [0.2, 0.25) is 0 Å². The fourth-order valence-corrected chi connectivity index (χ4v) is 2.13. The second-order valence-corrected chi connectivity index (χ2v) is 7.45. The van der Waals surface area contributed by atoms with Crippen LogP contribution in [0.4, 0.5) is 4.79 Å². The number of carbonyl (C=O) groups excluding carboxylic acids is 2. The van der Waals surface area contributed by atoms with Crippen molar-refractivity contribution in [2.75, 3.05) is 33.7 Å². The summed E-state index contributed by atoms with van der Waals surface area (Å²) in [6, 6.07) is -0.0248. The third kappa shape index (κ3) is 9.16. The molecule has 0 aromatic carbocycles. The molecule has 0 aliphatic heterocycles. The third-order valence-electron chi connectivity index (χ3n) is 3.60. The smallest absolute Gasteiger partial charge is 0.407 e. The van der Waals surface area contributed by atoms with E-state index in [-0.39, 0.29) is 18.5 Å². The highest BCUT2D eigenvalue weighted by molar-refractivity contribution is 5.84. The van der Waals surface area contributed by atoms with Gasteiger partial charge in [0.15, 0.2) is 5.96 Å². The number of nitrogens with one attached hydrogen (secondary N) is 3. The number of rotatable bonds is 7. The van der Waals surface area contributed by atoms with Crippen LogP contribution in [0, 0.1) is 5.92 Å². The van der Waals surface area contributed by atoms with Crippen molar-refractivity contribution in [1.29, 1.82) is 0 Å². The van der Waals surface area contributed by atoms with Gasteiger partial charge in [-0.1, -0.05) is 0 Å². The Hall–Kier alpha value is -1.99. The zero-order chi connectivity index (χ0) is 19.0. The quantitative estimate of drug-likeness (QED) is 0.466. The molecule has 2 amide bonds. The fourth-order valence-electron chi connectivity index (χ4n) is 2.13. The largest absolute Gasteiger partial charge is 0.444 e. The first-order valence-electron chi connectivity index (χ1n) is 8.84. The van der Waals surface area contributed by atoms with Gasteiger partial charge in [0.05, 0.1) is 6.04 Å². The predicted octanol–water partition coefficient (Wildman–Crippen LogP) is 0.933. The van der Waals surface area contributed by atoms with E-state index in [9.17, 15) is 9.59 Å². The highest BCUT2D eigenvalue weighted by Gasteiger charge is 2.33. The van der Waals surface area contributed by atoms with Gasteiger partial charge < -0.3 is 25.6 Å². The normalized spacial score (nSPS) is 16.0. The molecule has 1 unspecified atom stereocenters. The number of hydrogen-bond acceptors (Lipinski definition) is 4. The maximum Gasteiger partial charge on any atom is 0.407 e. The van der Waals surface area contributed by atoms with Crippen LogP contribution in [0.1, 0.15) is 40.5 Å². The van der Waals surface area contributed by atoms with Crippen LogP contribution in [0.3, 0.4) is 0 Å². The Bertz CT molecular complexity index is 481. The molecule has 25 heavy (non-hydrogen) atoms. The highest BCUT2D eigenvalue weighted by atomic mass is 16.6. The second kappa shape index (κ2) is 9.48. The molecule has 3 N–H and O–H groups in total. The van der Waals surface area contributed by atoms with Gasteiger partial charge in [0.25, 0.3) is 0 Å². The highest BCUT2D eigenvalue weighted by Crippen LogP contribution is 2.32. The monoisotopic (exact) mass is 355 g/mol. The van der Waals surface area contributed by atoms with E-state index in [2.05, 4.69) is 20.9 Å². The molecular weight excluding hydrogens is 322 g/mol. The SMILES string of the molecule is CCNC(=NCC(=O)N(C)C)NCC(NC(=O)OC(C)(C)C)C1CC1. The molecule has 1 saturated carbocycles. The zero-order valence-electron chi connectivity index (χ0n) is 16.3. The topological polar surface area (TPSA) is 95.1 Å². The van der Waals surface area contributed by atoms with E-state index in [1.54, 1.807) is 14.1 Å². The number of alkyl carbamates (subject to hydrolysis) is 1. The Kier molecular flexibility index (Phi) is 7.99. The lowest BCUT2D eigenvalue weighted by Crippen LogP contribution is -2.49. The predicted molar refractivity (Wildman–Crippen MR) is 98.6 cm³/mol. The van der Waals surface area contributed by atoms with Crippen molar-refractivity contribution >= 4 is 18.0 Å². The Morgan fingerprint density at radius 3 is 2.36 bits per heavy atom. The van der Waals surface area contributed by atoms with Crippen molar-refractivity contribution in [2.24, 2.45) is 10.9 Å². The average Bonchev–Trinajstić information content (AvgIpc) is 3.30. The minimum Gasteiger partial charge on any atom is -0.444 e. The number of guanidine groups is 1. The molecule has 0 spiro atoms. The summed E-state index contributed by atoms with van der Waals surface area (Å²) in [6.07, 6.45) is 1.78. The van der Waals surface area contributed by atoms with Crippen molar-refractivity contribution in [3.63, 3.8) is 0 Å². The van der Waals surface area contributed by atoms with Gasteiger partial charge in [0, 0.05) is 27.2 Å². The minimum absolute atomic E-state index is 0.0248. The van der Waals surface area contributed by atoms with E-state index in [4.69, 9.17) is 4.74 Å². The molecule has 1 aliphatic rings. The maximum absolute atomic E-state index is 12.0. The van der Waals surface area contributed by atoms with E-state index in [1.807, 2.05) is 27.7 Å². The van der Waals surface area contributed by atoms with Crippen LogP contribution in [0.25, 0.3) is 0 Å². The van der Waals surface area contributed by atoms with Crippen LogP contribution in [-0.2, 0) is 9.53 Å². The number of amides is 2. The number of carbonyl (C=O) groups is 2. The molecule has 8 nitrogen and oxygen atoms in total. The molecular formula is C17H33N5O3. The molecule has 0 aromatic rings. The summed E-state index contributed by atoms with van der Waals surface area (Å²) in [4.78, 5) is 29.5. The maximum atomic E-state index is 12.0. The number of nitrogens with zero attached hydrogens (tertiary/aromatic N) is 2.